The Labute approximate surface area is 86.0 Å². The monoisotopic (exact) mass is 226 g/mol. The van der Waals surface area contributed by atoms with Crippen LogP contribution in [0.2, 0.25) is 0 Å². The third kappa shape index (κ3) is 6.58. The molecule has 0 aromatic rings. The van der Waals surface area contributed by atoms with E-state index in [4.69, 9.17) is 25.4 Å². The summed E-state index contributed by atoms with van der Waals surface area (Å²) in [6.07, 6.45) is 0. The molecule has 0 saturated heterocycles. The van der Waals surface area contributed by atoms with E-state index in [1.807, 2.05) is 13.8 Å². The molecule has 0 aliphatic rings. The second kappa shape index (κ2) is 6.91. The van der Waals surface area contributed by atoms with E-state index in [1.165, 1.54) is 0 Å². The van der Waals surface area contributed by atoms with E-state index in [2.05, 4.69) is 13.8 Å². The average molecular weight is 226 g/mol. The van der Waals surface area contributed by atoms with Crippen molar-refractivity contribution in [2.75, 3.05) is 19.8 Å². The van der Waals surface area contributed by atoms with E-state index in [0.717, 1.165) is 0 Å². The highest BCUT2D eigenvalue weighted by atomic mass is 32.5. The molecule has 0 bridgehead atoms. The lowest BCUT2D eigenvalue weighted by Crippen LogP contribution is -2.04. The molecule has 0 atom stereocenters. The van der Waals surface area contributed by atoms with E-state index in [0.29, 0.717) is 25.7 Å². The zero-order chi connectivity index (χ0) is 10.3. The summed E-state index contributed by atoms with van der Waals surface area (Å²) in [7, 11) is 0. The summed E-state index contributed by atoms with van der Waals surface area (Å²) >= 11 is 5.16. The first kappa shape index (κ1) is 13.5. The minimum atomic E-state index is -2.44. The SMILES string of the molecule is CCOP(=S)(OCC)OCC(C)C. The maximum atomic E-state index is 5.45. The number of hydrogen-bond acceptors (Lipinski definition) is 4. The molecule has 0 fully saturated rings. The second-order valence-electron chi connectivity index (χ2n) is 2.97. The van der Waals surface area contributed by atoms with Crippen LogP contribution < -0.4 is 0 Å². The molecule has 0 amide bonds. The Morgan fingerprint density at radius 1 is 1.08 bits per heavy atom. The van der Waals surface area contributed by atoms with Gasteiger partial charge < -0.3 is 13.6 Å². The van der Waals surface area contributed by atoms with Crippen molar-refractivity contribution in [3.8, 4) is 0 Å². The predicted octanol–water partition coefficient (Wildman–Crippen LogP) is 2.96. The van der Waals surface area contributed by atoms with Gasteiger partial charge in [-0.15, -0.1) is 0 Å². The zero-order valence-corrected chi connectivity index (χ0v) is 10.5. The molecule has 0 N–H and O–H groups in total. The van der Waals surface area contributed by atoms with Gasteiger partial charge in [0.1, 0.15) is 0 Å². The van der Waals surface area contributed by atoms with Gasteiger partial charge in [0.25, 0.3) is 0 Å². The highest BCUT2D eigenvalue weighted by Crippen LogP contribution is 2.49. The zero-order valence-electron chi connectivity index (χ0n) is 8.78. The summed E-state index contributed by atoms with van der Waals surface area (Å²) < 4.78 is 16.1. The Bertz CT molecular complexity index is 163. The summed E-state index contributed by atoms with van der Waals surface area (Å²) in [6, 6.07) is 0. The van der Waals surface area contributed by atoms with Crippen LogP contribution in [0.15, 0.2) is 0 Å². The van der Waals surface area contributed by atoms with Crippen LogP contribution in [0.3, 0.4) is 0 Å². The fourth-order valence-corrected chi connectivity index (χ4v) is 2.82. The summed E-state index contributed by atoms with van der Waals surface area (Å²) in [5.74, 6) is 0.447. The van der Waals surface area contributed by atoms with Crippen LogP contribution in [0.4, 0.5) is 0 Å². The number of hydrogen-bond donors (Lipinski definition) is 0. The van der Waals surface area contributed by atoms with Crippen molar-refractivity contribution in [3.63, 3.8) is 0 Å². The topological polar surface area (TPSA) is 27.7 Å². The van der Waals surface area contributed by atoms with Gasteiger partial charge in [0.15, 0.2) is 0 Å². The van der Waals surface area contributed by atoms with Gasteiger partial charge in [-0.25, -0.2) is 0 Å². The molecule has 3 nitrogen and oxygen atoms in total. The fraction of sp³-hybridized carbons (Fsp3) is 1.00. The summed E-state index contributed by atoms with van der Waals surface area (Å²) in [5.41, 5.74) is 0. The third-order valence-corrected chi connectivity index (χ3v) is 3.70. The Morgan fingerprint density at radius 2 is 1.54 bits per heavy atom. The quantitative estimate of drug-likeness (QED) is 0.624. The first-order valence-corrected chi connectivity index (χ1v) is 7.13. The van der Waals surface area contributed by atoms with Crippen LogP contribution in [-0.4, -0.2) is 19.8 Å². The average Bonchev–Trinajstić information content (AvgIpc) is 2.02. The van der Waals surface area contributed by atoms with Crippen LogP contribution in [0.1, 0.15) is 27.7 Å². The molecule has 0 aliphatic carbocycles. The van der Waals surface area contributed by atoms with Crippen LogP contribution in [0, 0.1) is 5.92 Å². The maximum absolute atomic E-state index is 5.45. The van der Waals surface area contributed by atoms with Gasteiger partial charge in [-0.1, -0.05) is 13.8 Å². The van der Waals surface area contributed by atoms with Gasteiger partial charge in [0.05, 0.1) is 19.8 Å². The Balaban J connectivity index is 3.99. The van der Waals surface area contributed by atoms with Crippen LogP contribution >= 0.6 is 6.72 Å². The molecule has 0 saturated carbocycles. The summed E-state index contributed by atoms with van der Waals surface area (Å²) in [5, 5.41) is 0. The molecular weight excluding hydrogens is 207 g/mol. The van der Waals surface area contributed by atoms with Crippen molar-refractivity contribution >= 4 is 18.5 Å². The van der Waals surface area contributed by atoms with Gasteiger partial charge in [0, 0.05) is 0 Å². The Hall–Kier alpha value is 0.530. The molecule has 80 valence electrons. The van der Waals surface area contributed by atoms with Gasteiger partial charge in [-0.3, -0.25) is 0 Å². The molecule has 5 heteroatoms. The molecule has 0 aliphatic heterocycles. The largest absolute Gasteiger partial charge is 0.327 e. The van der Waals surface area contributed by atoms with Crippen molar-refractivity contribution in [2.24, 2.45) is 5.92 Å². The molecule has 0 aromatic heterocycles. The van der Waals surface area contributed by atoms with Crippen molar-refractivity contribution in [3.05, 3.63) is 0 Å². The smallest absolute Gasteiger partial charge is 0.309 e. The van der Waals surface area contributed by atoms with E-state index < -0.39 is 6.72 Å². The van der Waals surface area contributed by atoms with E-state index in [-0.39, 0.29) is 0 Å². The normalized spacial score (nSPS) is 12.4. The Kier molecular flexibility index (Phi) is 7.19. The fourth-order valence-electron chi connectivity index (χ4n) is 0.668. The van der Waals surface area contributed by atoms with Gasteiger partial charge in [-0.2, -0.15) is 0 Å². The molecule has 0 unspecified atom stereocenters. The molecule has 0 radical (unpaired) electrons. The first-order chi connectivity index (χ1) is 6.04. The third-order valence-electron chi connectivity index (χ3n) is 1.14. The maximum Gasteiger partial charge on any atom is 0.327 e. The van der Waals surface area contributed by atoms with E-state index in [1.54, 1.807) is 0 Å². The molecule has 0 spiro atoms. The summed E-state index contributed by atoms with van der Waals surface area (Å²) in [6.45, 7) is 7.14. The van der Waals surface area contributed by atoms with E-state index in [9.17, 15) is 0 Å². The van der Waals surface area contributed by atoms with Crippen molar-refractivity contribution in [2.45, 2.75) is 27.7 Å². The van der Waals surface area contributed by atoms with Crippen LogP contribution in [0.5, 0.6) is 0 Å². The molecule has 0 heterocycles. The lowest BCUT2D eigenvalue weighted by molar-refractivity contribution is 0.154. The number of rotatable bonds is 7. The highest BCUT2D eigenvalue weighted by Gasteiger charge is 2.19. The molecule has 0 rings (SSSR count). The second-order valence-corrected chi connectivity index (χ2v) is 5.98. The standard InChI is InChI=1S/C8H19O3PS/c1-5-9-12(13,10-6-2)11-7-8(3)4/h8H,5-7H2,1-4H3. The lowest BCUT2D eigenvalue weighted by Gasteiger charge is -2.21. The van der Waals surface area contributed by atoms with Crippen LogP contribution in [-0.2, 0) is 25.4 Å². The summed E-state index contributed by atoms with van der Waals surface area (Å²) in [4.78, 5) is 0. The predicted molar refractivity (Wildman–Crippen MR) is 58.3 cm³/mol. The molecule has 0 aromatic carbocycles. The van der Waals surface area contributed by atoms with E-state index >= 15 is 0 Å². The van der Waals surface area contributed by atoms with Crippen molar-refractivity contribution < 1.29 is 13.6 Å². The van der Waals surface area contributed by atoms with Crippen molar-refractivity contribution in [1.29, 1.82) is 0 Å². The van der Waals surface area contributed by atoms with Crippen LogP contribution in [0.25, 0.3) is 0 Å². The van der Waals surface area contributed by atoms with Gasteiger partial charge in [0.2, 0.25) is 0 Å². The van der Waals surface area contributed by atoms with Gasteiger partial charge in [-0.05, 0) is 31.6 Å². The van der Waals surface area contributed by atoms with Crippen molar-refractivity contribution in [1.82, 2.24) is 0 Å². The molecular formula is C8H19O3PS. The lowest BCUT2D eigenvalue weighted by atomic mass is 10.2. The minimum Gasteiger partial charge on any atom is -0.309 e. The minimum absolute atomic E-state index is 0.447. The Morgan fingerprint density at radius 3 is 1.85 bits per heavy atom. The van der Waals surface area contributed by atoms with Gasteiger partial charge >= 0.3 is 6.72 Å². The highest BCUT2D eigenvalue weighted by molar-refractivity contribution is 8.07. The first-order valence-electron chi connectivity index (χ1n) is 4.57. The molecule has 13 heavy (non-hydrogen) atoms.